The highest BCUT2D eigenvalue weighted by Gasteiger charge is 2.12. The molecule has 0 aromatic heterocycles. The summed E-state index contributed by atoms with van der Waals surface area (Å²) in [6, 6.07) is 11.4. The van der Waals surface area contributed by atoms with E-state index in [2.05, 4.69) is 22.5 Å². The van der Waals surface area contributed by atoms with Crippen molar-refractivity contribution in [3.8, 4) is 0 Å². The van der Waals surface area contributed by atoms with Crippen molar-refractivity contribution >= 4 is 17.6 Å². The third-order valence-electron chi connectivity index (χ3n) is 1.71. The van der Waals surface area contributed by atoms with Gasteiger partial charge in [-0.1, -0.05) is 18.2 Å². The van der Waals surface area contributed by atoms with Crippen LogP contribution in [0.4, 0.5) is 5.69 Å². The van der Waals surface area contributed by atoms with Gasteiger partial charge in [0.05, 0.1) is 5.69 Å². The Hall–Kier alpha value is -0.630. The van der Waals surface area contributed by atoms with Gasteiger partial charge < -0.3 is 4.31 Å². The second kappa shape index (κ2) is 3.18. The first kappa shape index (κ1) is 7.04. The summed E-state index contributed by atoms with van der Waals surface area (Å²) in [6.45, 7) is 1.17. The molecule has 1 aliphatic rings. The predicted molar refractivity (Wildman–Crippen MR) is 49.7 cm³/mol. The fourth-order valence-corrected chi connectivity index (χ4v) is 2.17. The van der Waals surface area contributed by atoms with E-state index in [4.69, 9.17) is 0 Å². The second-order valence-electron chi connectivity index (χ2n) is 2.54. The van der Waals surface area contributed by atoms with Crippen molar-refractivity contribution in [3.63, 3.8) is 0 Å². The van der Waals surface area contributed by atoms with Gasteiger partial charge in [-0.2, -0.15) is 0 Å². The fraction of sp³-hybridized carbons (Fsp3) is 0.333. The molecule has 1 aliphatic heterocycles. The summed E-state index contributed by atoms with van der Waals surface area (Å²) in [5, 5.41) is 0. The van der Waals surface area contributed by atoms with Crippen LogP contribution in [-0.4, -0.2) is 12.3 Å². The SMILES string of the molecule is [c]1ccccc1N1CCCS1. The zero-order chi connectivity index (χ0) is 7.52. The molecule has 1 aromatic carbocycles. The number of hydrogen-bond donors (Lipinski definition) is 0. The van der Waals surface area contributed by atoms with E-state index in [1.807, 2.05) is 24.1 Å². The molecule has 0 saturated carbocycles. The van der Waals surface area contributed by atoms with Crippen molar-refractivity contribution in [1.82, 2.24) is 0 Å². The van der Waals surface area contributed by atoms with E-state index in [9.17, 15) is 0 Å². The van der Waals surface area contributed by atoms with Crippen LogP contribution in [0.15, 0.2) is 24.3 Å². The highest BCUT2D eigenvalue weighted by Crippen LogP contribution is 2.26. The topological polar surface area (TPSA) is 3.24 Å². The van der Waals surface area contributed by atoms with Crippen molar-refractivity contribution in [2.24, 2.45) is 0 Å². The van der Waals surface area contributed by atoms with Gasteiger partial charge in [-0.25, -0.2) is 0 Å². The van der Waals surface area contributed by atoms with Gasteiger partial charge in [-0.15, -0.1) is 0 Å². The minimum absolute atomic E-state index is 1.17. The minimum atomic E-state index is 1.17. The van der Waals surface area contributed by atoms with Gasteiger partial charge in [0, 0.05) is 18.4 Å². The molecule has 2 heteroatoms. The number of rotatable bonds is 1. The molecule has 0 amide bonds. The van der Waals surface area contributed by atoms with Gasteiger partial charge in [0.15, 0.2) is 0 Å². The average molecular weight is 164 g/mol. The molecule has 1 nitrogen and oxygen atoms in total. The Morgan fingerprint density at radius 2 is 2.45 bits per heavy atom. The number of para-hydroxylation sites is 1. The van der Waals surface area contributed by atoms with E-state index in [1.54, 1.807) is 0 Å². The highest BCUT2D eigenvalue weighted by molar-refractivity contribution is 8.00. The zero-order valence-electron chi connectivity index (χ0n) is 6.29. The quantitative estimate of drug-likeness (QED) is 0.586. The lowest BCUT2D eigenvalue weighted by Crippen LogP contribution is -2.08. The van der Waals surface area contributed by atoms with Gasteiger partial charge in [-0.3, -0.25) is 0 Å². The zero-order valence-corrected chi connectivity index (χ0v) is 7.10. The highest BCUT2D eigenvalue weighted by atomic mass is 32.2. The standard InChI is InChI=1S/C9H10NS/c1-2-5-9(6-3-1)10-7-4-8-11-10/h1-3,5H,4,7-8H2. The maximum absolute atomic E-state index is 3.22. The van der Waals surface area contributed by atoms with Crippen LogP contribution < -0.4 is 4.31 Å². The first-order valence-corrected chi connectivity index (χ1v) is 4.78. The van der Waals surface area contributed by atoms with Crippen LogP contribution in [0.3, 0.4) is 0 Å². The molecule has 1 radical (unpaired) electrons. The van der Waals surface area contributed by atoms with Crippen LogP contribution in [0.25, 0.3) is 0 Å². The van der Waals surface area contributed by atoms with Crippen LogP contribution in [0.1, 0.15) is 6.42 Å². The van der Waals surface area contributed by atoms with E-state index in [-0.39, 0.29) is 0 Å². The van der Waals surface area contributed by atoms with E-state index in [0.717, 1.165) is 0 Å². The monoisotopic (exact) mass is 164 g/mol. The van der Waals surface area contributed by atoms with Gasteiger partial charge in [0.25, 0.3) is 0 Å². The molecule has 1 aromatic rings. The maximum Gasteiger partial charge on any atom is 0.0549 e. The van der Waals surface area contributed by atoms with Gasteiger partial charge in [-0.05, 0) is 24.4 Å². The minimum Gasteiger partial charge on any atom is -0.316 e. The van der Waals surface area contributed by atoms with Crippen LogP contribution in [0, 0.1) is 6.07 Å². The van der Waals surface area contributed by atoms with Crippen LogP contribution in [0.2, 0.25) is 0 Å². The van der Waals surface area contributed by atoms with Crippen LogP contribution in [-0.2, 0) is 0 Å². The van der Waals surface area contributed by atoms with Crippen LogP contribution in [0.5, 0.6) is 0 Å². The van der Waals surface area contributed by atoms with Crippen molar-refractivity contribution < 1.29 is 0 Å². The Morgan fingerprint density at radius 3 is 3.09 bits per heavy atom. The Kier molecular flexibility index (Phi) is 2.04. The van der Waals surface area contributed by atoms with E-state index >= 15 is 0 Å². The summed E-state index contributed by atoms with van der Waals surface area (Å²) in [5.74, 6) is 1.25. The second-order valence-corrected chi connectivity index (χ2v) is 3.64. The van der Waals surface area contributed by atoms with Crippen LogP contribution >= 0.6 is 11.9 Å². The van der Waals surface area contributed by atoms with Gasteiger partial charge in [0.1, 0.15) is 0 Å². The third-order valence-corrected chi connectivity index (χ3v) is 2.88. The molecule has 11 heavy (non-hydrogen) atoms. The molecule has 57 valence electrons. The Morgan fingerprint density at radius 1 is 1.45 bits per heavy atom. The van der Waals surface area contributed by atoms with Crippen molar-refractivity contribution in [1.29, 1.82) is 0 Å². The molecule has 2 rings (SSSR count). The number of benzene rings is 1. The first-order valence-electron chi connectivity index (χ1n) is 3.84. The molecule has 0 atom stereocenters. The van der Waals surface area contributed by atoms with Crippen molar-refractivity contribution in [2.45, 2.75) is 6.42 Å². The molecule has 0 spiro atoms. The van der Waals surface area contributed by atoms with Gasteiger partial charge in [0.2, 0.25) is 0 Å². The molecule has 0 unspecified atom stereocenters. The smallest absolute Gasteiger partial charge is 0.0549 e. The molecule has 1 saturated heterocycles. The summed E-state index contributed by atoms with van der Waals surface area (Å²) < 4.78 is 2.31. The third kappa shape index (κ3) is 1.51. The molecule has 0 aliphatic carbocycles. The molecule has 1 heterocycles. The van der Waals surface area contributed by atoms with E-state index in [1.165, 1.54) is 24.4 Å². The average Bonchev–Trinajstić information content (AvgIpc) is 2.58. The first-order chi connectivity index (χ1) is 5.47. The van der Waals surface area contributed by atoms with E-state index < -0.39 is 0 Å². The molecule has 0 bridgehead atoms. The van der Waals surface area contributed by atoms with E-state index in [0.29, 0.717) is 0 Å². The molecular formula is C9H10NS. The Balaban J connectivity index is 2.16. The lowest BCUT2D eigenvalue weighted by molar-refractivity contribution is 0.989. The number of nitrogens with zero attached hydrogens (tertiary/aromatic N) is 1. The molecule has 1 fully saturated rings. The summed E-state index contributed by atoms with van der Waals surface area (Å²) in [6.07, 6.45) is 1.30. The molecule has 0 N–H and O–H groups in total. The van der Waals surface area contributed by atoms with Crippen molar-refractivity contribution in [2.75, 3.05) is 16.6 Å². The Bertz CT molecular complexity index is 216. The largest absolute Gasteiger partial charge is 0.316 e. The predicted octanol–water partition coefficient (Wildman–Crippen LogP) is 2.35. The summed E-state index contributed by atoms with van der Waals surface area (Å²) >= 11 is 1.90. The fourth-order valence-electron chi connectivity index (χ4n) is 1.18. The lowest BCUT2D eigenvalue weighted by Gasteiger charge is -2.14. The molecular weight excluding hydrogens is 154 g/mol. The number of anilines is 1. The summed E-state index contributed by atoms with van der Waals surface area (Å²) in [7, 11) is 0. The maximum atomic E-state index is 3.22. The normalized spacial score (nSPS) is 17.3. The summed E-state index contributed by atoms with van der Waals surface area (Å²) in [5.41, 5.74) is 1.22. The lowest BCUT2D eigenvalue weighted by atomic mass is 10.3. The number of hydrogen-bond acceptors (Lipinski definition) is 2. The summed E-state index contributed by atoms with van der Waals surface area (Å²) in [4.78, 5) is 0. The Labute approximate surface area is 71.5 Å². The van der Waals surface area contributed by atoms with Gasteiger partial charge >= 0.3 is 0 Å². The van der Waals surface area contributed by atoms with Crippen molar-refractivity contribution in [3.05, 3.63) is 30.3 Å².